The van der Waals surface area contributed by atoms with E-state index in [0.717, 1.165) is 12.8 Å². The van der Waals surface area contributed by atoms with Gasteiger partial charge in [-0.05, 0) is 64.7 Å². The predicted octanol–water partition coefficient (Wildman–Crippen LogP) is 4.55. The van der Waals surface area contributed by atoms with E-state index in [4.69, 9.17) is 27.9 Å². The molecule has 0 unspecified atom stereocenters. The third-order valence-electron chi connectivity index (χ3n) is 4.79. The van der Waals surface area contributed by atoms with Gasteiger partial charge < -0.3 is 9.64 Å². The lowest BCUT2D eigenvalue weighted by Gasteiger charge is -2.38. The number of likely N-dealkylation sites (tertiary alicyclic amines) is 1. The second-order valence-electron chi connectivity index (χ2n) is 8.37. The Morgan fingerprint density at radius 1 is 1.04 bits per heavy atom. The Bertz CT molecular complexity index is 822. The molecule has 1 aliphatic carbocycles. The van der Waals surface area contributed by atoms with Crippen molar-refractivity contribution in [2.75, 3.05) is 13.1 Å². The van der Waals surface area contributed by atoms with Crippen molar-refractivity contribution in [3.8, 4) is 0 Å². The van der Waals surface area contributed by atoms with Crippen LogP contribution in [0.15, 0.2) is 23.1 Å². The van der Waals surface area contributed by atoms with E-state index in [-0.39, 0.29) is 23.1 Å². The molecule has 9 heteroatoms. The third kappa shape index (κ3) is 5.12. The van der Waals surface area contributed by atoms with Crippen LogP contribution in [0.4, 0.5) is 4.79 Å². The monoisotopic (exact) mass is 448 g/mol. The van der Waals surface area contributed by atoms with Gasteiger partial charge in [0.1, 0.15) is 5.60 Å². The van der Waals surface area contributed by atoms with E-state index in [0.29, 0.717) is 36.0 Å². The summed E-state index contributed by atoms with van der Waals surface area (Å²) in [5.41, 5.74) is -0.552. The van der Waals surface area contributed by atoms with Crippen molar-refractivity contribution >= 4 is 39.3 Å². The molecule has 0 radical (unpaired) electrons. The fourth-order valence-corrected chi connectivity index (χ4v) is 6.11. The first-order chi connectivity index (χ1) is 13.0. The quantitative estimate of drug-likeness (QED) is 0.677. The minimum atomic E-state index is -3.72. The molecule has 156 valence electrons. The zero-order chi connectivity index (χ0) is 20.7. The fourth-order valence-electron chi connectivity index (χ4n) is 3.45. The number of hydrogen-bond donors (Lipinski definition) is 0. The normalized spacial score (nSPS) is 19.1. The van der Waals surface area contributed by atoms with Crippen LogP contribution in [0.3, 0.4) is 0 Å². The summed E-state index contributed by atoms with van der Waals surface area (Å²) in [6, 6.07) is 4.24. The van der Waals surface area contributed by atoms with Gasteiger partial charge in [-0.3, -0.25) is 0 Å². The van der Waals surface area contributed by atoms with Crippen LogP contribution < -0.4 is 0 Å². The van der Waals surface area contributed by atoms with Gasteiger partial charge in [0, 0.05) is 35.2 Å². The van der Waals surface area contributed by atoms with Crippen molar-refractivity contribution in [2.24, 2.45) is 0 Å². The molecular formula is C19H26Cl2N2O4S. The first-order valence-electron chi connectivity index (χ1n) is 9.45. The van der Waals surface area contributed by atoms with Crippen molar-refractivity contribution in [1.29, 1.82) is 0 Å². The molecule has 1 saturated heterocycles. The Balaban J connectivity index is 1.75. The average molecular weight is 449 g/mol. The van der Waals surface area contributed by atoms with Gasteiger partial charge in [-0.15, -0.1) is 0 Å². The van der Waals surface area contributed by atoms with Crippen LogP contribution in [0.5, 0.6) is 0 Å². The Labute approximate surface area is 176 Å². The Morgan fingerprint density at radius 3 is 2.00 bits per heavy atom. The number of hydrogen-bond acceptors (Lipinski definition) is 4. The molecule has 28 heavy (non-hydrogen) atoms. The van der Waals surface area contributed by atoms with Gasteiger partial charge in [0.05, 0.1) is 4.90 Å². The number of carbonyl (C=O) groups excluding carboxylic acids is 1. The molecule has 0 N–H and O–H groups in total. The first-order valence-corrected chi connectivity index (χ1v) is 11.6. The lowest BCUT2D eigenvalue weighted by atomic mass is 10.1. The molecule has 0 atom stereocenters. The minimum Gasteiger partial charge on any atom is -0.444 e. The van der Waals surface area contributed by atoms with Gasteiger partial charge in [0.15, 0.2) is 0 Å². The smallest absolute Gasteiger partial charge is 0.410 e. The van der Waals surface area contributed by atoms with Crippen molar-refractivity contribution < 1.29 is 17.9 Å². The zero-order valence-corrected chi connectivity index (χ0v) is 18.6. The van der Waals surface area contributed by atoms with Gasteiger partial charge >= 0.3 is 6.09 Å². The molecule has 2 aliphatic rings. The lowest BCUT2D eigenvalue weighted by molar-refractivity contribution is 0.0176. The van der Waals surface area contributed by atoms with Gasteiger partial charge in [0.2, 0.25) is 10.0 Å². The number of halogens is 2. The summed E-state index contributed by atoms with van der Waals surface area (Å²) in [6.45, 7) is 6.42. The van der Waals surface area contributed by atoms with Gasteiger partial charge in [0.25, 0.3) is 0 Å². The maximum absolute atomic E-state index is 13.3. The van der Waals surface area contributed by atoms with Gasteiger partial charge in [-0.25, -0.2) is 13.2 Å². The van der Waals surface area contributed by atoms with Crippen LogP contribution in [0.25, 0.3) is 0 Å². The maximum atomic E-state index is 13.3. The van der Waals surface area contributed by atoms with Crippen molar-refractivity contribution in [3.05, 3.63) is 28.2 Å². The summed E-state index contributed by atoms with van der Waals surface area (Å²) in [5, 5.41) is 0.586. The molecule has 0 bridgehead atoms. The minimum absolute atomic E-state index is 0.000772. The number of nitrogens with zero attached hydrogens (tertiary/aromatic N) is 2. The summed E-state index contributed by atoms with van der Waals surface area (Å²) in [7, 11) is -3.72. The van der Waals surface area contributed by atoms with E-state index >= 15 is 0 Å². The second kappa shape index (κ2) is 8.01. The highest BCUT2D eigenvalue weighted by Crippen LogP contribution is 2.37. The summed E-state index contributed by atoms with van der Waals surface area (Å²) >= 11 is 12.0. The maximum Gasteiger partial charge on any atom is 0.410 e. The highest BCUT2D eigenvalue weighted by Gasteiger charge is 2.44. The number of piperidine rings is 1. The number of rotatable bonds is 4. The molecule has 1 aliphatic heterocycles. The summed E-state index contributed by atoms with van der Waals surface area (Å²) in [5.74, 6) is 0. The van der Waals surface area contributed by atoms with Crippen LogP contribution >= 0.6 is 23.2 Å². The van der Waals surface area contributed by atoms with Crippen LogP contribution in [0, 0.1) is 0 Å². The van der Waals surface area contributed by atoms with Gasteiger partial charge in [-0.2, -0.15) is 4.31 Å². The second-order valence-corrected chi connectivity index (χ2v) is 11.1. The Hall–Kier alpha value is -1.02. The highest BCUT2D eigenvalue weighted by molar-refractivity contribution is 7.89. The topological polar surface area (TPSA) is 66.9 Å². The van der Waals surface area contributed by atoms with E-state index in [1.165, 1.54) is 18.2 Å². The molecule has 1 aromatic rings. The van der Waals surface area contributed by atoms with Crippen LogP contribution in [-0.4, -0.2) is 54.5 Å². The van der Waals surface area contributed by atoms with Crippen molar-refractivity contribution in [3.63, 3.8) is 0 Å². The van der Waals surface area contributed by atoms with Crippen LogP contribution in [0.1, 0.15) is 46.5 Å². The number of carbonyl (C=O) groups is 1. The Morgan fingerprint density at radius 2 is 1.54 bits per heavy atom. The summed E-state index contributed by atoms with van der Waals surface area (Å²) in [4.78, 5) is 14.0. The molecule has 1 aromatic carbocycles. The fraction of sp³-hybridized carbons (Fsp3) is 0.632. The molecule has 0 spiro atoms. The standard InChI is InChI=1S/C19H26Cl2N2O4S/c1-19(2,3)27-18(24)22-8-6-16(7-9-22)23(15-4-5-15)28(25,26)17-11-13(20)10-14(21)12-17/h10-12,15-16H,4-9H2,1-3H3. The molecule has 1 amide bonds. The summed E-state index contributed by atoms with van der Waals surface area (Å²) in [6.07, 6.45) is 2.49. The molecule has 1 saturated carbocycles. The summed E-state index contributed by atoms with van der Waals surface area (Å²) < 4.78 is 33.7. The molecular weight excluding hydrogens is 423 g/mol. The van der Waals surface area contributed by atoms with E-state index in [9.17, 15) is 13.2 Å². The average Bonchev–Trinajstić information content (AvgIpc) is 3.37. The SMILES string of the molecule is CC(C)(C)OC(=O)N1CCC(N(C2CC2)S(=O)(=O)c2cc(Cl)cc(Cl)c2)CC1. The van der Waals surface area contributed by atoms with Crippen molar-refractivity contribution in [2.45, 2.75) is 69.0 Å². The van der Waals surface area contributed by atoms with E-state index in [1.54, 1.807) is 9.21 Å². The molecule has 2 fully saturated rings. The molecule has 1 heterocycles. The Kier molecular flexibility index (Phi) is 6.21. The van der Waals surface area contributed by atoms with E-state index in [1.807, 2.05) is 20.8 Å². The number of benzene rings is 1. The van der Waals surface area contributed by atoms with E-state index in [2.05, 4.69) is 0 Å². The van der Waals surface area contributed by atoms with Crippen LogP contribution in [0.2, 0.25) is 10.0 Å². The molecule has 6 nitrogen and oxygen atoms in total. The van der Waals surface area contributed by atoms with Crippen molar-refractivity contribution in [1.82, 2.24) is 9.21 Å². The first kappa shape index (κ1) is 21.7. The largest absolute Gasteiger partial charge is 0.444 e. The van der Waals surface area contributed by atoms with Gasteiger partial charge in [-0.1, -0.05) is 23.2 Å². The number of ether oxygens (including phenoxy) is 1. The highest BCUT2D eigenvalue weighted by atomic mass is 35.5. The number of amides is 1. The molecule has 3 rings (SSSR count). The predicted molar refractivity (Wildman–Crippen MR) is 109 cm³/mol. The van der Waals surface area contributed by atoms with E-state index < -0.39 is 15.6 Å². The van der Waals surface area contributed by atoms with Crippen LogP contribution in [-0.2, 0) is 14.8 Å². The lowest BCUT2D eigenvalue weighted by Crippen LogP contribution is -2.50. The zero-order valence-electron chi connectivity index (χ0n) is 16.3. The number of sulfonamides is 1. The molecule has 0 aromatic heterocycles. The third-order valence-corrected chi connectivity index (χ3v) is 7.21.